The SMILES string of the molecule is COc1ccc(Cl)cc1Nc1ncnc2c1c(-c1ccccc1)cn2-c1cccc(C(F)(F)F)c1. The summed E-state index contributed by atoms with van der Waals surface area (Å²) in [6.45, 7) is 0. The molecule has 5 aromatic rings. The van der Waals surface area contributed by atoms with Crippen LogP contribution in [0.25, 0.3) is 27.8 Å². The normalized spacial score (nSPS) is 11.6. The number of fused-ring (bicyclic) bond motifs is 1. The number of methoxy groups -OCH3 is 1. The van der Waals surface area contributed by atoms with Gasteiger partial charge in [-0.05, 0) is 42.0 Å². The van der Waals surface area contributed by atoms with Gasteiger partial charge in [0.05, 0.1) is 23.7 Å². The molecule has 0 amide bonds. The zero-order chi connectivity index (χ0) is 24.6. The van der Waals surface area contributed by atoms with Gasteiger partial charge in [0.1, 0.15) is 17.9 Å². The Balaban J connectivity index is 1.75. The molecule has 9 heteroatoms. The van der Waals surface area contributed by atoms with Crippen molar-refractivity contribution >= 4 is 34.1 Å². The molecule has 0 saturated heterocycles. The van der Waals surface area contributed by atoms with E-state index >= 15 is 0 Å². The van der Waals surface area contributed by atoms with E-state index < -0.39 is 11.7 Å². The van der Waals surface area contributed by atoms with Crippen LogP contribution < -0.4 is 10.1 Å². The van der Waals surface area contributed by atoms with Crippen molar-refractivity contribution < 1.29 is 17.9 Å². The van der Waals surface area contributed by atoms with Gasteiger partial charge in [-0.25, -0.2) is 9.97 Å². The lowest BCUT2D eigenvalue weighted by atomic mass is 10.1. The van der Waals surface area contributed by atoms with Gasteiger partial charge in [0.25, 0.3) is 0 Å². The summed E-state index contributed by atoms with van der Waals surface area (Å²) in [5, 5.41) is 4.40. The lowest BCUT2D eigenvalue weighted by Crippen LogP contribution is -2.06. The number of nitrogens with one attached hydrogen (secondary N) is 1. The van der Waals surface area contributed by atoms with Crippen LogP contribution in [0, 0.1) is 0 Å². The third-order valence-electron chi connectivity index (χ3n) is 5.53. The first-order valence-electron chi connectivity index (χ1n) is 10.5. The zero-order valence-corrected chi connectivity index (χ0v) is 19.1. The summed E-state index contributed by atoms with van der Waals surface area (Å²) in [6.07, 6.45) is -1.34. The fraction of sp³-hybridized carbons (Fsp3) is 0.0769. The molecule has 5 rings (SSSR count). The Labute approximate surface area is 203 Å². The summed E-state index contributed by atoms with van der Waals surface area (Å²) in [4.78, 5) is 8.87. The van der Waals surface area contributed by atoms with Crippen molar-refractivity contribution in [1.82, 2.24) is 14.5 Å². The number of rotatable bonds is 5. The monoisotopic (exact) mass is 494 g/mol. The first-order valence-corrected chi connectivity index (χ1v) is 10.9. The number of nitrogens with zero attached hydrogens (tertiary/aromatic N) is 3. The second-order valence-electron chi connectivity index (χ2n) is 7.72. The highest BCUT2D eigenvalue weighted by molar-refractivity contribution is 6.31. The zero-order valence-electron chi connectivity index (χ0n) is 18.3. The maximum atomic E-state index is 13.4. The van der Waals surface area contributed by atoms with Crippen molar-refractivity contribution in [3.05, 3.63) is 95.9 Å². The Morgan fingerprint density at radius 3 is 2.49 bits per heavy atom. The van der Waals surface area contributed by atoms with Crippen molar-refractivity contribution in [2.24, 2.45) is 0 Å². The van der Waals surface area contributed by atoms with Gasteiger partial charge in [-0.2, -0.15) is 13.2 Å². The third-order valence-corrected chi connectivity index (χ3v) is 5.77. The maximum Gasteiger partial charge on any atom is 0.416 e. The van der Waals surface area contributed by atoms with Gasteiger partial charge < -0.3 is 14.6 Å². The lowest BCUT2D eigenvalue weighted by molar-refractivity contribution is -0.137. The summed E-state index contributed by atoms with van der Waals surface area (Å²) in [6, 6.07) is 19.8. The van der Waals surface area contributed by atoms with Gasteiger partial charge in [0.2, 0.25) is 0 Å². The minimum atomic E-state index is -4.47. The first kappa shape index (κ1) is 22.7. The molecule has 2 heterocycles. The van der Waals surface area contributed by atoms with Crippen LogP contribution >= 0.6 is 11.6 Å². The van der Waals surface area contributed by atoms with Crippen molar-refractivity contribution in [1.29, 1.82) is 0 Å². The molecule has 0 fully saturated rings. The average molecular weight is 495 g/mol. The smallest absolute Gasteiger partial charge is 0.416 e. The van der Waals surface area contributed by atoms with Crippen molar-refractivity contribution in [2.75, 3.05) is 12.4 Å². The van der Waals surface area contributed by atoms with Crippen molar-refractivity contribution in [3.63, 3.8) is 0 Å². The molecule has 0 bridgehead atoms. The summed E-state index contributed by atoms with van der Waals surface area (Å²) >= 11 is 6.20. The molecule has 0 radical (unpaired) electrons. The minimum Gasteiger partial charge on any atom is -0.495 e. The van der Waals surface area contributed by atoms with E-state index in [9.17, 15) is 13.2 Å². The molecule has 35 heavy (non-hydrogen) atoms. The van der Waals surface area contributed by atoms with Crippen molar-refractivity contribution in [3.8, 4) is 22.6 Å². The second-order valence-corrected chi connectivity index (χ2v) is 8.15. The summed E-state index contributed by atoms with van der Waals surface area (Å²) in [5.74, 6) is 1.01. The Bertz CT molecular complexity index is 1520. The van der Waals surface area contributed by atoms with Crippen LogP contribution in [-0.2, 0) is 6.18 Å². The maximum absolute atomic E-state index is 13.4. The van der Waals surface area contributed by atoms with Gasteiger partial charge in [-0.1, -0.05) is 48.0 Å². The number of alkyl halides is 3. The lowest BCUT2D eigenvalue weighted by Gasteiger charge is -2.13. The fourth-order valence-corrected chi connectivity index (χ4v) is 4.10. The van der Waals surface area contributed by atoms with Gasteiger partial charge in [0.15, 0.2) is 5.65 Å². The molecule has 0 aliphatic rings. The van der Waals surface area contributed by atoms with Gasteiger partial charge in [-0.15, -0.1) is 0 Å². The summed E-state index contributed by atoms with van der Waals surface area (Å²) < 4.78 is 47.3. The molecule has 0 aliphatic carbocycles. The Kier molecular flexibility index (Phi) is 5.82. The van der Waals surface area contributed by atoms with Crippen LogP contribution in [-0.4, -0.2) is 21.6 Å². The van der Waals surface area contributed by atoms with Crippen LogP contribution in [0.3, 0.4) is 0 Å². The van der Waals surface area contributed by atoms with Gasteiger partial charge >= 0.3 is 6.18 Å². The molecule has 0 unspecified atom stereocenters. The predicted molar refractivity (Wildman–Crippen MR) is 131 cm³/mol. The molecule has 0 spiro atoms. The van der Waals surface area contributed by atoms with Crippen LogP contribution in [0.5, 0.6) is 5.75 Å². The molecule has 3 aromatic carbocycles. The number of halogens is 4. The second kappa shape index (κ2) is 8.96. The molecule has 0 saturated carbocycles. The fourth-order valence-electron chi connectivity index (χ4n) is 3.93. The van der Waals surface area contributed by atoms with E-state index in [0.717, 1.165) is 23.3 Å². The average Bonchev–Trinajstić information content (AvgIpc) is 3.25. The molecule has 0 atom stereocenters. The highest BCUT2D eigenvalue weighted by atomic mass is 35.5. The highest BCUT2D eigenvalue weighted by Gasteiger charge is 2.31. The number of aromatic nitrogens is 3. The van der Waals surface area contributed by atoms with Crippen LogP contribution in [0.1, 0.15) is 5.56 Å². The highest BCUT2D eigenvalue weighted by Crippen LogP contribution is 2.39. The van der Waals surface area contributed by atoms with E-state index in [2.05, 4.69) is 15.3 Å². The van der Waals surface area contributed by atoms with E-state index in [1.165, 1.54) is 12.4 Å². The molecule has 0 aliphatic heterocycles. The van der Waals surface area contributed by atoms with E-state index in [4.69, 9.17) is 16.3 Å². The van der Waals surface area contributed by atoms with E-state index in [1.807, 2.05) is 30.3 Å². The van der Waals surface area contributed by atoms with Crippen LogP contribution in [0.15, 0.2) is 85.3 Å². The number of benzene rings is 3. The van der Waals surface area contributed by atoms with Gasteiger partial charge in [-0.3, -0.25) is 0 Å². The van der Waals surface area contributed by atoms with E-state index in [0.29, 0.717) is 39.0 Å². The Morgan fingerprint density at radius 2 is 1.74 bits per heavy atom. The van der Waals surface area contributed by atoms with E-state index in [1.54, 1.807) is 42.1 Å². The van der Waals surface area contributed by atoms with Crippen LogP contribution in [0.2, 0.25) is 5.02 Å². The predicted octanol–water partition coefficient (Wildman–Crippen LogP) is 7.51. The van der Waals surface area contributed by atoms with E-state index in [-0.39, 0.29) is 0 Å². The Hall–Kier alpha value is -4.04. The number of hydrogen-bond donors (Lipinski definition) is 1. The summed E-state index contributed by atoms with van der Waals surface area (Å²) in [7, 11) is 1.55. The molecular formula is C26H18ClF3N4O. The molecule has 176 valence electrons. The quantitative estimate of drug-likeness (QED) is 0.274. The Morgan fingerprint density at radius 1 is 0.943 bits per heavy atom. The molecule has 2 aromatic heterocycles. The first-order chi connectivity index (χ1) is 16.8. The third kappa shape index (κ3) is 4.40. The standard InChI is InChI=1S/C26H18ClF3N4O/c1-35-22-11-10-18(27)13-21(22)33-24-23-20(16-6-3-2-4-7-16)14-34(25(23)32-15-31-24)19-9-5-8-17(12-19)26(28,29)30/h2-15H,1H3,(H,31,32,33). The number of ether oxygens (including phenoxy) is 1. The number of anilines is 2. The molecular weight excluding hydrogens is 477 g/mol. The molecule has 1 N–H and O–H groups in total. The minimum absolute atomic E-state index is 0.331. The van der Waals surface area contributed by atoms with Gasteiger partial charge in [0, 0.05) is 22.5 Å². The number of hydrogen-bond acceptors (Lipinski definition) is 4. The van der Waals surface area contributed by atoms with Crippen LogP contribution in [0.4, 0.5) is 24.7 Å². The molecule has 5 nitrogen and oxygen atoms in total. The summed E-state index contributed by atoms with van der Waals surface area (Å²) in [5.41, 5.74) is 2.24. The van der Waals surface area contributed by atoms with Crippen molar-refractivity contribution in [2.45, 2.75) is 6.18 Å². The topological polar surface area (TPSA) is 52.0 Å². The largest absolute Gasteiger partial charge is 0.495 e.